The van der Waals surface area contributed by atoms with E-state index in [2.05, 4.69) is 22.3 Å². The van der Waals surface area contributed by atoms with Crippen molar-refractivity contribution in [1.29, 1.82) is 0 Å². The maximum atomic E-state index is 12.2. The zero-order valence-corrected chi connectivity index (χ0v) is 13.7. The highest BCUT2D eigenvalue weighted by Gasteiger charge is 2.24. The fraction of sp³-hybridized carbons (Fsp3) is 0.421. The molecule has 0 radical (unpaired) electrons. The summed E-state index contributed by atoms with van der Waals surface area (Å²) in [4.78, 5) is 14.6. The number of hydrogen-bond acceptors (Lipinski definition) is 4. The molecule has 0 bridgehead atoms. The molecule has 1 aromatic carbocycles. The minimum atomic E-state index is -0.293. The first-order chi connectivity index (χ1) is 11.8. The van der Waals surface area contributed by atoms with Gasteiger partial charge in [0, 0.05) is 37.5 Å². The SMILES string of the molecule is O=C(Nc1ccc2c(c1)CN(Cc1ccoc1)CC2)C1CCCO1. The first kappa shape index (κ1) is 15.4. The summed E-state index contributed by atoms with van der Waals surface area (Å²) < 4.78 is 10.6. The van der Waals surface area contributed by atoms with Gasteiger partial charge >= 0.3 is 0 Å². The molecule has 5 heteroatoms. The molecule has 1 atom stereocenters. The molecule has 5 nitrogen and oxygen atoms in total. The van der Waals surface area contributed by atoms with Crippen molar-refractivity contribution in [3.05, 3.63) is 53.5 Å². The van der Waals surface area contributed by atoms with Gasteiger partial charge in [-0.05, 0) is 48.6 Å². The van der Waals surface area contributed by atoms with Crippen molar-refractivity contribution < 1.29 is 13.9 Å². The molecule has 1 amide bonds. The van der Waals surface area contributed by atoms with Crippen LogP contribution in [0.5, 0.6) is 0 Å². The predicted octanol–water partition coefficient (Wildman–Crippen LogP) is 2.96. The fourth-order valence-corrected chi connectivity index (χ4v) is 3.48. The summed E-state index contributed by atoms with van der Waals surface area (Å²) in [5, 5.41) is 3.00. The van der Waals surface area contributed by atoms with Gasteiger partial charge in [-0.2, -0.15) is 0 Å². The number of ether oxygens (including phenoxy) is 1. The number of fused-ring (bicyclic) bond motifs is 1. The Morgan fingerprint density at radius 1 is 1.29 bits per heavy atom. The largest absolute Gasteiger partial charge is 0.472 e. The molecule has 126 valence electrons. The van der Waals surface area contributed by atoms with E-state index >= 15 is 0 Å². The minimum Gasteiger partial charge on any atom is -0.472 e. The number of carbonyl (C=O) groups excluding carboxylic acids is 1. The third-order valence-corrected chi connectivity index (χ3v) is 4.77. The lowest BCUT2D eigenvalue weighted by atomic mass is 9.98. The van der Waals surface area contributed by atoms with Crippen LogP contribution < -0.4 is 5.32 Å². The van der Waals surface area contributed by atoms with Crippen molar-refractivity contribution in [2.45, 2.75) is 38.5 Å². The second kappa shape index (κ2) is 6.79. The fourth-order valence-electron chi connectivity index (χ4n) is 3.48. The Kier molecular flexibility index (Phi) is 4.36. The van der Waals surface area contributed by atoms with Crippen LogP contribution >= 0.6 is 0 Å². The van der Waals surface area contributed by atoms with Crippen LogP contribution in [0.2, 0.25) is 0 Å². The van der Waals surface area contributed by atoms with Gasteiger partial charge in [-0.3, -0.25) is 9.69 Å². The van der Waals surface area contributed by atoms with E-state index < -0.39 is 0 Å². The third kappa shape index (κ3) is 3.37. The number of benzene rings is 1. The predicted molar refractivity (Wildman–Crippen MR) is 90.6 cm³/mol. The number of nitrogens with zero attached hydrogens (tertiary/aromatic N) is 1. The van der Waals surface area contributed by atoms with E-state index in [9.17, 15) is 4.79 Å². The van der Waals surface area contributed by atoms with Gasteiger partial charge in [0.15, 0.2) is 0 Å². The van der Waals surface area contributed by atoms with E-state index in [-0.39, 0.29) is 12.0 Å². The van der Waals surface area contributed by atoms with Crippen LogP contribution in [0.1, 0.15) is 29.5 Å². The number of rotatable bonds is 4. The number of anilines is 1. The molecule has 1 fully saturated rings. The first-order valence-corrected chi connectivity index (χ1v) is 8.55. The second-order valence-electron chi connectivity index (χ2n) is 6.57. The average Bonchev–Trinajstić information content (AvgIpc) is 3.28. The Labute approximate surface area is 141 Å². The van der Waals surface area contributed by atoms with Gasteiger partial charge in [0.2, 0.25) is 0 Å². The Bertz CT molecular complexity index is 705. The van der Waals surface area contributed by atoms with Gasteiger partial charge in [-0.1, -0.05) is 6.07 Å². The average molecular weight is 326 g/mol. The highest BCUT2D eigenvalue weighted by Crippen LogP contribution is 2.24. The lowest BCUT2D eigenvalue weighted by Gasteiger charge is -2.28. The number of carbonyl (C=O) groups is 1. The highest BCUT2D eigenvalue weighted by molar-refractivity contribution is 5.94. The van der Waals surface area contributed by atoms with Gasteiger partial charge in [0.25, 0.3) is 5.91 Å². The summed E-state index contributed by atoms with van der Waals surface area (Å²) in [5.74, 6) is -0.0292. The van der Waals surface area contributed by atoms with Gasteiger partial charge in [-0.15, -0.1) is 0 Å². The normalized spacial score (nSPS) is 20.8. The Morgan fingerprint density at radius 2 is 2.25 bits per heavy atom. The molecule has 1 saturated heterocycles. The van der Waals surface area contributed by atoms with Crippen molar-refractivity contribution in [3.8, 4) is 0 Å². The van der Waals surface area contributed by atoms with E-state index in [1.54, 1.807) is 12.5 Å². The molecule has 1 unspecified atom stereocenters. The van der Waals surface area contributed by atoms with Crippen LogP contribution in [0.25, 0.3) is 0 Å². The first-order valence-electron chi connectivity index (χ1n) is 8.55. The van der Waals surface area contributed by atoms with Crippen molar-refractivity contribution in [2.75, 3.05) is 18.5 Å². The van der Waals surface area contributed by atoms with Crippen LogP contribution in [-0.4, -0.2) is 30.1 Å². The zero-order valence-electron chi connectivity index (χ0n) is 13.7. The van der Waals surface area contributed by atoms with E-state index in [1.165, 1.54) is 16.7 Å². The van der Waals surface area contributed by atoms with Crippen molar-refractivity contribution >= 4 is 11.6 Å². The molecule has 0 aliphatic carbocycles. The van der Waals surface area contributed by atoms with Crippen LogP contribution in [0.4, 0.5) is 5.69 Å². The van der Waals surface area contributed by atoms with Crippen LogP contribution in [0.3, 0.4) is 0 Å². The molecule has 1 aromatic heterocycles. The molecule has 2 aliphatic heterocycles. The summed E-state index contributed by atoms with van der Waals surface area (Å²) in [5.41, 5.74) is 4.71. The molecule has 3 heterocycles. The highest BCUT2D eigenvalue weighted by atomic mass is 16.5. The van der Waals surface area contributed by atoms with Crippen LogP contribution in [0.15, 0.2) is 41.2 Å². The van der Waals surface area contributed by atoms with Gasteiger partial charge in [0.1, 0.15) is 6.10 Å². The Hall–Kier alpha value is -2.11. The molecule has 24 heavy (non-hydrogen) atoms. The summed E-state index contributed by atoms with van der Waals surface area (Å²) in [6.07, 6.45) is 6.03. The van der Waals surface area contributed by atoms with E-state index in [4.69, 9.17) is 9.15 Å². The van der Waals surface area contributed by atoms with Crippen LogP contribution in [0, 0.1) is 0 Å². The lowest BCUT2D eigenvalue weighted by Crippen LogP contribution is -2.30. The summed E-state index contributed by atoms with van der Waals surface area (Å²) in [7, 11) is 0. The number of hydrogen-bond donors (Lipinski definition) is 1. The Balaban J connectivity index is 1.43. The molecular formula is C19H22N2O3. The monoisotopic (exact) mass is 326 g/mol. The Morgan fingerprint density at radius 3 is 3.04 bits per heavy atom. The van der Waals surface area contributed by atoms with Crippen molar-refractivity contribution in [1.82, 2.24) is 4.90 Å². The molecule has 0 saturated carbocycles. The molecule has 0 spiro atoms. The lowest BCUT2D eigenvalue weighted by molar-refractivity contribution is -0.124. The third-order valence-electron chi connectivity index (χ3n) is 4.77. The number of amides is 1. The molecule has 2 aliphatic rings. The molecule has 1 N–H and O–H groups in total. The molecule has 4 rings (SSSR count). The maximum absolute atomic E-state index is 12.2. The van der Waals surface area contributed by atoms with E-state index in [0.717, 1.165) is 44.6 Å². The van der Waals surface area contributed by atoms with E-state index in [1.807, 2.05) is 12.1 Å². The summed E-state index contributed by atoms with van der Waals surface area (Å²) in [6, 6.07) is 8.24. The summed E-state index contributed by atoms with van der Waals surface area (Å²) in [6.45, 7) is 3.51. The minimum absolute atomic E-state index is 0.0292. The number of nitrogens with one attached hydrogen (secondary N) is 1. The smallest absolute Gasteiger partial charge is 0.253 e. The van der Waals surface area contributed by atoms with Crippen molar-refractivity contribution in [3.63, 3.8) is 0 Å². The molecule has 2 aromatic rings. The van der Waals surface area contributed by atoms with Gasteiger partial charge in [0.05, 0.1) is 12.5 Å². The zero-order chi connectivity index (χ0) is 16.4. The topological polar surface area (TPSA) is 54.7 Å². The number of furan rings is 1. The van der Waals surface area contributed by atoms with Crippen LogP contribution in [-0.2, 0) is 29.0 Å². The van der Waals surface area contributed by atoms with Gasteiger partial charge in [-0.25, -0.2) is 0 Å². The summed E-state index contributed by atoms with van der Waals surface area (Å²) >= 11 is 0. The maximum Gasteiger partial charge on any atom is 0.253 e. The quantitative estimate of drug-likeness (QED) is 0.938. The van der Waals surface area contributed by atoms with Gasteiger partial charge < -0.3 is 14.5 Å². The van der Waals surface area contributed by atoms with Crippen molar-refractivity contribution in [2.24, 2.45) is 0 Å². The van der Waals surface area contributed by atoms with E-state index in [0.29, 0.717) is 6.61 Å². The molecular weight excluding hydrogens is 304 g/mol. The second-order valence-corrected chi connectivity index (χ2v) is 6.57. The standard InChI is InChI=1S/C19H22N2O3/c22-19(18-2-1-8-24-18)20-17-4-3-15-5-7-21(12-16(15)10-17)11-14-6-9-23-13-14/h3-4,6,9-10,13,18H,1-2,5,7-8,11-12H2,(H,20,22).